The maximum absolute atomic E-state index is 13.5. The minimum absolute atomic E-state index is 0.205. The smallest absolute Gasteiger partial charge is 0.243 e. The lowest BCUT2D eigenvalue weighted by Crippen LogP contribution is -2.40. The maximum atomic E-state index is 13.5. The summed E-state index contributed by atoms with van der Waals surface area (Å²) in [7, 11) is -3.90. The number of nitrogen functional groups attached to an aromatic ring is 1. The van der Waals surface area contributed by atoms with Crippen molar-refractivity contribution in [2.24, 2.45) is 0 Å². The Bertz CT molecular complexity index is 527. The second-order valence-electron chi connectivity index (χ2n) is 4.23. The number of nitrogens with one attached hydrogen (secondary N) is 1. The van der Waals surface area contributed by atoms with Gasteiger partial charge in [0, 0.05) is 18.3 Å². The molecule has 7 heteroatoms. The fourth-order valence-electron chi connectivity index (χ4n) is 1.84. The van der Waals surface area contributed by atoms with E-state index >= 15 is 0 Å². The second kappa shape index (κ2) is 5.21. The fraction of sp³-hybridized carbons (Fsp3) is 0.455. The van der Waals surface area contributed by atoms with E-state index in [2.05, 4.69) is 4.72 Å². The van der Waals surface area contributed by atoms with Crippen LogP contribution in [0.1, 0.15) is 12.8 Å². The monoisotopic (exact) mass is 274 g/mol. The molecule has 5 nitrogen and oxygen atoms in total. The molecule has 1 aromatic carbocycles. The Morgan fingerprint density at radius 1 is 1.44 bits per heavy atom. The molecule has 100 valence electrons. The van der Waals surface area contributed by atoms with Crippen LogP contribution in [0.15, 0.2) is 23.1 Å². The topological polar surface area (TPSA) is 81.4 Å². The Morgan fingerprint density at radius 2 is 2.22 bits per heavy atom. The van der Waals surface area contributed by atoms with E-state index in [1.807, 2.05) is 0 Å². The van der Waals surface area contributed by atoms with E-state index in [-0.39, 0.29) is 11.7 Å². The average molecular weight is 274 g/mol. The van der Waals surface area contributed by atoms with Crippen molar-refractivity contribution < 1.29 is 17.5 Å². The summed E-state index contributed by atoms with van der Waals surface area (Å²) in [5, 5.41) is 0. The van der Waals surface area contributed by atoms with Crippen molar-refractivity contribution in [2.75, 3.05) is 18.9 Å². The van der Waals surface area contributed by atoms with Gasteiger partial charge in [0.15, 0.2) is 0 Å². The first kappa shape index (κ1) is 13.3. The van der Waals surface area contributed by atoms with E-state index in [1.165, 1.54) is 6.07 Å². The normalized spacial score (nSPS) is 20.8. The number of rotatable bonds is 3. The van der Waals surface area contributed by atoms with Gasteiger partial charge in [-0.25, -0.2) is 17.5 Å². The standard InChI is InChI=1S/C11H15FN2O3S/c12-10-4-3-8(13)6-11(10)18(15,16)14-9-2-1-5-17-7-9/h3-4,6,9,14H,1-2,5,7,13H2. The molecular formula is C11H15FN2O3S. The molecule has 0 spiro atoms. The first-order valence-corrected chi connectivity index (χ1v) is 7.12. The van der Waals surface area contributed by atoms with Crippen LogP contribution in [0, 0.1) is 5.82 Å². The van der Waals surface area contributed by atoms with Crippen LogP contribution in [0.2, 0.25) is 0 Å². The number of anilines is 1. The summed E-state index contributed by atoms with van der Waals surface area (Å²) in [6.07, 6.45) is 1.47. The molecule has 0 aromatic heterocycles. The van der Waals surface area contributed by atoms with Crippen molar-refractivity contribution in [3.63, 3.8) is 0 Å². The molecule has 1 unspecified atom stereocenters. The molecule has 0 saturated carbocycles. The Kier molecular flexibility index (Phi) is 3.84. The van der Waals surface area contributed by atoms with Gasteiger partial charge in [0.2, 0.25) is 10.0 Å². The number of nitrogens with two attached hydrogens (primary N) is 1. The van der Waals surface area contributed by atoms with Gasteiger partial charge in [0.25, 0.3) is 0 Å². The molecule has 1 aliphatic heterocycles. The highest BCUT2D eigenvalue weighted by molar-refractivity contribution is 7.89. The van der Waals surface area contributed by atoms with Crippen molar-refractivity contribution in [1.29, 1.82) is 0 Å². The minimum atomic E-state index is -3.90. The molecule has 3 N–H and O–H groups in total. The molecule has 1 saturated heterocycles. The maximum Gasteiger partial charge on any atom is 0.243 e. The van der Waals surface area contributed by atoms with E-state index in [0.29, 0.717) is 19.6 Å². The van der Waals surface area contributed by atoms with Crippen LogP contribution in [-0.4, -0.2) is 27.7 Å². The molecule has 0 radical (unpaired) electrons. The SMILES string of the molecule is Nc1ccc(F)c(S(=O)(=O)NC2CCCOC2)c1. The lowest BCUT2D eigenvalue weighted by Gasteiger charge is -2.23. The number of halogens is 1. The van der Waals surface area contributed by atoms with Gasteiger partial charge in [-0.05, 0) is 31.0 Å². The molecule has 0 aliphatic carbocycles. The minimum Gasteiger partial charge on any atom is -0.399 e. The third-order valence-corrected chi connectivity index (χ3v) is 4.26. The molecule has 0 bridgehead atoms. The van der Waals surface area contributed by atoms with Gasteiger partial charge in [-0.1, -0.05) is 0 Å². The van der Waals surface area contributed by atoms with Crippen molar-refractivity contribution in [3.05, 3.63) is 24.0 Å². The number of benzene rings is 1. The summed E-state index contributed by atoms with van der Waals surface area (Å²) in [5.74, 6) is -0.812. The molecule has 2 rings (SSSR count). The summed E-state index contributed by atoms with van der Waals surface area (Å²) in [4.78, 5) is -0.423. The van der Waals surface area contributed by atoms with Gasteiger partial charge in [-0.2, -0.15) is 0 Å². The Morgan fingerprint density at radius 3 is 2.89 bits per heavy atom. The van der Waals surface area contributed by atoms with E-state index in [0.717, 1.165) is 18.6 Å². The molecule has 0 amide bonds. The highest BCUT2D eigenvalue weighted by atomic mass is 32.2. The van der Waals surface area contributed by atoms with Crippen LogP contribution in [0.3, 0.4) is 0 Å². The summed E-state index contributed by atoms with van der Waals surface area (Å²) in [5.41, 5.74) is 5.68. The number of ether oxygens (including phenoxy) is 1. The summed E-state index contributed by atoms with van der Waals surface area (Å²) in [6.45, 7) is 0.939. The summed E-state index contributed by atoms with van der Waals surface area (Å²) in [6, 6.07) is 3.16. The predicted molar refractivity (Wildman–Crippen MR) is 65.0 cm³/mol. The predicted octanol–water partition coefficient (Wildman–Crippen LogP) is 0.865. The first-order chi connectivity index (χ1) is 8.49. The van der Waals surface area contributed by atoms with Gasteiger partial charge in [0.05, 0.1) is 6.61 Å². The van der Waals surface area contributed by atoms with Crippen LogP contribution in [-0.2, 0) is 14.8 Å². The highest BCUT2D eigenvalue weighted by Crippen LogP contribution is 2.19. The van der Waals surface area contributed by atoms with Crippen molar-refractivity contribution in [2.45, 2.75) is 23.8 Å². The number of hydrogen-bond acceptors (Lipinski definition) is 4. The van der Waals surface area contributed by atoms with Crippen LogP contribution in [0.5, 0.6) is 0 Å². The molecular weight excluding hydrogens is 259 g/mol. The summed E-state index contributed by atoms with van der Waals surface area (Å²) < 4.78 is 45.1. The number of sulfonamides is 1. The second-order valence-corrected chi connectivity index (χ2v) is 5.91. The van der Waals surface area contributed by atoms with Crippen molar-refractivity contribution >= 4 is 15.7 Å². The van der Waals surface area contributed by atoms with E-state index in [9.17, 15) is 12.8 Å². The van der Waals surface area contributed by atoms with Crippen LogP contribution < -0.4 is 10.5 Å². The third kappa shape index (κ3) is 2.98. The Hall–Kier alpha value is -1.18. The molecule has 1 heterocycles. The van der Waals surface area contributed by atoms with Crippen molar-refractivity contribution in [1.82, 2.24) is 4.72 Å². The fourth-order valence-corrected chi connectivity index (χ4v) is 3.21. The largest absolute Gasteiger partial charge is 0.399 e. The first-order valence-electron chi connectivity index (χ1n) is 5.64. The third-order valence-electron chi connectivity index (χ3n) is 2.73. The van der Waals surface area contributed by atoms with Gasteiger partial charge in [-0.15, -0.1) is 0 Å². The quantitative estimate of drug-likeness (QED) is 0.801. The molecule has 1 atom stereocenters. The zero-order chi connectivity index (χ0) is 13.2. The lowest BCUT2D eigenvalue weighted by atomic mass is 10.1. The molecule has 18 heavy (non-hydrogen) atoms. The van der Waals surface area contributed by atoms with E-state index < -0.39 is 20.7 Å². The molecule has 1 fully saturated rings. The van der Waals surface area contributed by atoms with Crippen LogP contribution in [0.4, 0.5) is 10.1 Å². The van der Waals surface area contributed by atoms with Crippen LogP contribution in [0.25, 0.3) is 0 Å². The van der Waals surface area contributed by atoms with Crippen molar-refractivity contribution in [3.8, 4) is 0 Å². The average Bonchev–Trinajstić information content (AvgIpc) is 2.33. The van der Waals surface area contributed by atoms with Gasteiger partial charge in [0.1, 0.15) is 10.7 Å². The highest BCUT2D eigenvalue weighted by Gasteiger charge is 2.24. The van der Waals surface area contributed by atoms with Gasteiger partial charge >= 0.3 is 0 Å². The van der Waals surface area contributed by atoms with E-state index in [4.69, 9.17) is 10.5 Å². The zero-order valence-electron chi connectivity index (χ0n) is 9.73. The summed E-state index contributed by atoms with van der Waals surface area (Å²) >= 11 is 0. The Labute approximate surface area is 105 Å². The zero-order valence-corrected chi connectivity index (χ0v) is 10.5. The lowest BCUT2D eigenvalue weighted by molar-refractivity contribution is 0.0774. The molecule has 1 aliphatic rings. The van der Waals surface area contributed by atoms with E-state index in [1.54, 1.807) is 0 Å². The van der Waals surface area contributed by atoms with Crippen LogP contribution >= 0.6 is 0 Å². The van der Waals surface area contributed by atoms with Gasteiger partial charge in [-0.3, -0.25) is 0 Å². The Balaban J connectivity index is 2.21. The van der Waals surface area contributed by atoms with Gasteiger partial charge < -0.3 is 10.5 Å². The molecule has 1 aromatic rings. The number of hydrogen-bond donors (Lipinski definition) is 2.